The fourth-order valence-corrected chi connectivity index (χ4v) is 0.742. The first-order valence-corrected chi connectivity index (χ1v) is 4.42. The van der Waals surface area contributed by atoms with Gasteiger partial charge in [-0.05, 0) is 6.92 Å². The molecule has 0 rings (SSSR count). The summed E-state index contributed by atoms with van der Waals surface area (Å²) in [5, 5.41) is 6.54. The van der Waals surface area contributed by atoms with Gasteiger partial charge in [0.2, 0.25) is 11.8 Å². The van der Waals surface area contributed by atoms with Gasteiger partial charge in [-0.1, -0.05) is 0 Å². The molecule has 0 saturated carbocycles. The Morgan fingerprint density at radius 2 is 1.93 bits per heavy atom. The van der Waals surface area contributed by atoms with Crippen molar-refractivity contribution < 1.29 is 14.4 Å². The topological polar surface area (TPSA) is 87.3 Å². The summed E-state index contributed by atoms with van der Waals surface area (Å²) in [6.45, 7) is 1.49. The lowest BCUT2D eigenvalue weighted by molar-refractivity contribution is -0.122. The van der Waals surface area contributed by atoms with E-state index in [0.29, 0.717) is 0 Å². The zero-order chi connectivity index (χ0) is 11.1. The first-order chi connectivity index (χ1) is 6.51. The minimum Gasteiger partial charge on any atom is -0.357 e. The van der Waals surface area contributed by atoms with E-state index in [4.69, 9.17) is 11.6 Å². The molecule has 1 atom stereocenters. The second-order valence-corrected chi connectivity index (χ2v) is 2.76. The minimum atomic E-state index is -0.744. The number of hydrogen-bond acceptors (Lipinski definition) is 3. The van der Waals surface area contributed by atoms with Crippen LogP contribution >= 0.6 is 11.6 Å². The highest BCUT2D eigenvalue weighted by atomic mass is 35.5. The van der Waals surface area contributed by atoms with Crippen molar-refractivity contribution in [2.75, 3.05) is 12.9 Å². The third-order valence-electron chi connectivity index (χ3n) is 1.36. The molecule has 0 radical (unpaired) electrons. The second-order valence-electron chi connectivity index (χ2n) is 2.49. The lowest BCUT2D eigenvalue weighted by Crippen LogP contribution is -2.49. The largest absolute Gasteiger partial charge is 0.357 e. The van der Waals surface area contributed by atoms with Gasteiger partial charge >= 0.3 is 6.03 Å². The quantitative estimate of drug-likeness (QED) is 0.545. The molecule has 1 unspecified atom stereocenters. The van der Waals surface area contributed by atoms with Crippen molar-refractivity contribution in [3.05, 3.63) is 0 Å². The lowest BCUT2D eigenvalue weighted by Gasteiger charge is -2.11. The minimum absolute atomic E-state index is 0.304. The molecule has 0 spiro atoms. The van der Waals surface area contributed by atoms with Crippen molar-refractivity contribution in [2.24, 2.45) is 0 Å². The average molecular weight is 222 g/mol. The summed E-state index contributed by atoms with van der Waals surface area (Å²) < 4.78 is 0. The third kappa shape index (κ3) is 4.66. The molecule has 0 fully saturated rings. The Labute approximate surface area is 86.4 Å². The van der Waals surface area contributed by atoms with Crippen LogP contribution in [-0.2, 0) is 9.59 Å². The highest BCUT2D eigenvalue weighted by Gasteiger charge is 2.14. The van der Waals surface area contributed by atoms with E-state index >= 15 is 0 Å². The number of alkyl halides is 1. The molecule has 3 N–H and O–H groups in total. The van der Waals surface area contributed by atoms with Crippen LogP contribution in [0.3, 0.4) is 0 Å². The van der Waals surface area contributed by atoms with E-state index in [1.807, 2.05) is 5.32 Å². The van der Waals surface area contributed by atoms with Crippen LogP contribution in [-0.4, -0.2) is 36.8 Å². The Balaban J connectivity index is 3.94. The van der Waals surface area contributed by atoms with Crippen LogP contribution in [0.25, 0.3) is 0 Å². The number of carbonyl (C=O) groups excluding carboxylic acids is 3. The number of imide groups is 1. The van der Waals surface area contributed by atoms with E-state index < -0.39 is 18.0 Å². The zero-order valence-corrected chi connectivity index (χ0v) is 8.64. The highest BCUT2D eigenvalue weighted by Crippen LogP contribution is 1.81. The van der Waals surface area contributed by atoms with Crippen LogP contribution in [0.1, 0.15) is 6.92 Å². The average Bonchev–Trinajstić information content (AvgIpc) is 2.15. The third-order valence-corrected chi connectivity index (χ3v) is 1.60. The number of urea groups is 1. The molecule has 0 bridgehead atoms. The van der Waals surface area contributed by atoms with E-state index in [-0.39, 0.29) is 11.8 Å². The summed E-state index contributed by atoms with van der Waals surface area (Å²) >= 11 is 5.15. The summed E-state index contributed by atoms with van der Waals surface area (Å²) in [5.74, 6) is -1.27. The number of rotatable bonds is 3. The Kier molecular flexibility index (Phi) is 5.62. The first kappa shape index (κ1) is 12.7. The number of nitrogens with one attached hydrogen (secondary N) is 3. The maximum atomic E-state index is 11.0. The monoisotopic (exact) mass is 221 g/mol. The number of hydrogen-bond donors (Lipinski definition) is 3. The molecule has 0 aliphatic carbocycles. The molecule has 4 amide bonds. The Bertz CT molecular complexity index is 244. The SMILES string of the molecule is CNC(=O)C(C)NC(=O)NC(=O)CCl. The fraction of sp³-hybridized carbons (Fsp3) is 0.571. The molecule has 7 heteroatoms. The van der Waals surface area contributed by atoms with Crippen LogP contribution < -0.4 is 16.0 Å². The molecule has 6 nitrogen and oxygen atoms in total. The standard InChI is InChI=1S/C7H12ClN3O3/c1-4(6(13)9-2)10-7(14)11-5(12)3-8/h4H,3H2,1-2H3,(H,9,13)(H2,10,11,12,14). The van der Waals surface area contributed by atoms with Crippen molar-refractivity contribution in [2.45, 2.75) is 13.0 Å². The van der Waals surface area contributed by atoms with Crippen LogP contribution in [0, 0.1) is 0 Å². The summed E-state index contributed by atoms with van der Waals surface area (Å²) in [7, 11) is 1.45. The molecule has 14 heavy (non-hydrogen) atoms. The van der Waals surface area contributed by atoms with E-state index in [1.54, 1.807) is 0 Å². The fourth-order valence-electron chi connectivity index (χ4n) is 0.675. The van der Waals surface area contributed by atoms with E-state index in [9.17, 15) is 14.4 Å². The van der Waals surface area contributed by atoms with Gasteiger partial charge < -0.3 is 10.6 Å². The zero-order valence-electron chi connectivity index (χ0n) is 7.89. The Morgan fingerprint density at radius 1 is 1.36 bits per heavy atom. The van der Waals surface area contributed by atoms with Gasteiger partial charge in [0.1, 0.15) is 11.9 Å². The van der Waals surface area contributed by atoms with E-state index in [2.05, 4.69) is 10.6 Å². The molecule has 0 aromatic rings. The maximum Gasteiger partial charge on any atom is 0.322 e. The molecule has 0 heterocycles. The predicted molar refractivity (Wildman–Crippen MR) is 50.9 cm³/mol. The Hall–Kier alpha value is -1.30. The predicted octanol–water partition coefficient (Wildman–Crippen LogP) is -0.814. The molecular weight excluding hydrogens is 210 g/mol. The second kappa shape index (κ2) is 6.20. The van der Waals surface area contributed by atoms with Crippen molar-refractivity contribution in [1.82, 2.24) is 16.0 Å². The van der Waals surface area contributed by atoms with Gasteiger partial charge in [0.05, 0.1) is 0 Å². The van der Waals surface area contributed by atoms with Crippen LogP contribution in [0.15, 0.2) is 0 Å². The number of likely N-dealkylation sites (N-methyl/N-ethyl adjacent to an activating group) is 1. The van der Waals surface area contributed by atoms with Crippen LogP contribution in [0.2, 0.25) is 0 Å². The van der Waals surface area contributed by atoms with E-state index in [0.717, 1.165) is 0 Å². The molecule has 80 valence electrons. The molecule has 0 aromatic heterocycles. The van der Waals surface area contributed by atoms with E-state index in [1.165, 1.54) is 14.0 Å². The number of halogens is 1. The lowest BCUT2D eigenvalue weighted by atomic mass is 10.3. The van der Waals surface area contributed by atoms with Crippen molar-refractivity contribution in [3.63, 3.8) is 0 Å². The summed E-state index contributed by atoms with van der Waals surface area (Å²) in [6, 6.07) is -1.45. The van der Waals surface area contributed by atoms with Crippen LogP contribution in [0.4, 0.5) is 4.79 Å². The highest BCUT2D eigenvalue weighted by molar-refractivity contribution is 6.28. The van der Waals surface area contributed by atoms with Gasteiger partial charge in [-0.15, -0.1) is 11.6 Å². The molecule has 0 aliphatic heterocycles. The first-order valence-electron chi connectivity index (χ1n) is 3.89. The van der Waals surface area contributed by atoms with Crippen molar-refractivity contribution in [3.8, 4) is 0 Å². The molecule has 0 saturated heterocycles. The molecule has 0 aromatic carbocycles. The van der Waals surface area contributed by atoms with Gasteiger partial charge in [-0.2, -0.15) is 0 Å². The summed E-state index contributed by atoms with van der Waals surface area (Å²) in [4.78, 5) is 32.5. The maximum absolute atomic E-state index is 11.0. The smallest absolute Gasteiger partial charge is 0.322 e. The van der Waals surface area contributed by atoms with Crippen molar-refractivity contribution in [1.29, 1.82) is 0 Å². The molecular formula is C7H12ClN3O3. The van der Waals surface area contributed by atoms with Gasteiger partial charge in [0, 0.05) is 7.05 Å². The van der Waals surface area contributed by atoms with Crippen molar-refractivity contribution >= 4 is 29.4 Å². The normalized spacial score (nSPS) is 11.4. The van der Waals surface area contributed by atoms with Gasteiger partial charge in [-0.3, -0.25) is 14.9 Å². The summed E-state index contributed by atoms with van der Waals surface area (Å²) in [5.41, 5.74) is 0. The van der Waals surface area contributed by atoms with Gasteiger partial charge in [-0.25, -0.2) is 4.79 Å². The number of amides is 4. The summed E-state index contributed by atoms with van der Waals surface area (Å²) in [6.07, 6.45) is 0. The van der Waals surface area contributed by atoms with Gasteiger partial charge in [0.25, 0.3) is 0 Å². The number of carbonyl (C=O) groups is 3. The van der Waals surface area contributed by atoms with Gasteiger partial charge in [0.15, 0.2) is 0 Å². The van der Waals surface area contributed by atoms with Crippen LogP contribution in [0.5, 0.6) is 0 Å². The molecule has 0 aliphatic rings. The Morgan fingerprint density at radius 3 is 2.36 bits per heavy atom.